The average Bonchev–Trinajstić information content (AvgIpc) is 2.53. The van der Waals surface area contributed by atoms with Gasteiger partial charge in [-0.25, -0.2) is 4.79 Å². The fourth-order valence-electron chi connectivity index (χ4n) is 2.22. The maximum atomic E-state index is 12.3. The molecule has 0 fully saturated rings. The minimum absolute atomic E-state index is 0.226. The van der Waals surface area contributed by atoms with E-state index in [2.05, 4.69) is 31.5 Å². The van der Waals surface area contributed by atoms with E-state index in [1.54, 1.807) is 42.7 Å². The number of nitrogens with one attached hydrogen (secondary N) is 2. The van der Waals surface area contributed by atoms with Crippen molar-refractivity contribution in [1.29, 1.82) is 0 Å². The molecular formula is C19H22BrN3O3. The summed E-state index contributed by atoms with van der Waals surface area (Å²) in [6.45, 7) is 7.27. The molecule has 7 heteroatoms. The number of anilines is 1. The fraction of sp³-hybridized carbons (Fsp3) is 0.316. The van der Waals surface area contributed by atoms with Crippen LogP contribution in [0.25, 0.3) is 0 Å². The number of alkyl carbamates (subject to hydrolysis) is 1. The number of aromatic nitrogens is 1. The number of carbonyl (C=O) groups is 2. The smallest absolute Gasteiger partial charge is 0.408 e. The van der Waals surface area contributed by atoms with Gasteiger partial charge in [0.1, 0.15) is 5.60 Å². The van der Waals surface area contributed by atoms with Gasteiger partial charge in [-0.15, -0.1) is 0 Å². The molecule has 2 amide bonds. The number of rotatable bonds is 4. The molecule has 0 radical (unpaired) electrons. The molecule has 0 saturated heterocycles. The van der Waals surface area contributed by atoms with E-state index in [9.17, 15) is 9.59 Å². The zero-order chi connectivity index (χ0) is 19.3. The summed E-state index contributed by atoms with van der Waals surface area (Å²) in [6.07, 6.45) is 2.73. The van der Waals surface area contributed by atoms with Gasteiger partial charge in [0.25, 0.3) is 5.91 Å². The molecule has 0 saturated carbocycles. The van der Waals surface area contributed by atoms with Crippen molar-refractivity contribution in [3.05, 3.63) is 58.3 Å². The second kappa shape index (κ2) is 8.31. The average molecular weight is 420 g/mol. The molecule has 1 atom stereocenters. The summed E-state index contributed by atoms with van der Waals surface area (Å²) in [7, 11) is 0. The fourth-order valence-corrected chi connectivity index (χ4v) is 2.94. The van der Waals surface area contributed by atoms with Crippen LogP contribution in [0.3, 0.4) is 0 Å². The van der Waals surface area contributed by atoms with Crippen LogP contribution in [-0.4, -0.2) is 22.6 Å². The second-order valence-electron chi connectivity index (χ2n) is 6.79. The molecule has 0 aliphatic rings. The van der Waals surface area contributed by atoms with E-state index < -0.39 is 11.7 Å². The Morgan fingerprint density at radius 2 is 1.81 bits per heavy atom. The Morgan fingerprint density at radius 1 is 1.15 bits per heavy atom. The third kappa shape index (κ3) is 5.84. The highest BCUT2D eigenvalue weighted by molar-refractivity contribution is 9.10. The Bertz CT molecular complexity index is 788. The summed E-state index contributed by atoms with van der Waals surface area (Å²) in [5.74, 6) is -0.226. The van der Waals surface area contributed by atoms with Crippen LogP contribution >= 0.6 is 15.9 Å². The molecular weight excluding hydrogens is 398 g/mol. The van der Waals surface area contributed by atoms with E-state index in [0.29, 0.717) is 11.3 Å². The highest BCUT2D eigenvalue weighted by Gasteiger charge is 2.20. The van der Waals surface area contributed by atoms with Gasteiger partial charge in [-0.1, -0.05) is 22.0 Å². The van der Waals surface area contributed by atoms with Crippen LogP contribution < -0.4 is 10.6 Å². The molecule has 138 valence electrons. The zero-order valence-corrected chi connectivity index (χ0v) is 16.8. The van der Waals surface area contributed by atoms with Crippen LogP contribution in [-0.2, 0) is 4.74 Å². The van der Waals surface area contributed by atoms with Crippen LogP contribution in [0.15, 0.2) is 47.2 Å². The lowest BCUT2D eigenvalue weighted by Crippen LogP contribution is -2.34. The second-order valence-corrected chi connectivity index (χ2v) is 7.65. The van der Waals surface area contributed by atoms with Crippen LogP contribution in [0, 0.1) is 0 Å². The molecule has 2 N–H and O–H groups in total. The molecule has 0 bridgehead atoms. The third-order valence-electron chi connectivity index (χ3n) is 3.40. The molecule has 0 aliphatic heterocycles. The van der Waals surface area contributed by atoms with Gasteiger partial charge in [0.05, 0.1) is 6.04 Å². The van der Waals surface area contributed by atoms with Crippen LogP contribution in [0.1, 0.15) is 49.7 Å². The van der Waals surface area contributed by atoms with Crippen molar-refractivity contribution in [3.8, 4) is 0 Å². The van der Waals surface area contributed by atoms with Crippen molar-refractivity contribution < 1.29 is 14.3 Å². The van der Waals surface area contributed by atoms with E-state index in [1.165, 1.54) is 0 Å². The van der Waals surface area contributed by atoms with Gasteiger partial charge >= 0.3 is 6.09 Å². The predicted molar refractivity (Wildman–Crippen MR) is 104 cm³/mol. The molecule has 0 aliphatic carbocycles. The first-order valence-electron chi connectivity index (χ1n) is 8.16. The van der Waals surface area contributed by atoms with Gasteiger partial charge in [0.2, 0.25) is 0 Å². The van der Waals surface area contributed by atoms with Gasteiger partial charge in [-0.05, 0) is 57.5 Å². The highest BCUT2D eigenvalue weighted by Crippen LogP contribution is 2.25. The van der Waals surface area contributed by atoms with Gasteiger partial charge < -0.3 is 15.4 Å². The Hall–Kier alpha value is -2.41. The largest absolute Gasteiger partial charge is 0.444 e. The molecule has 26 heavy (non-hydrogen) atoms. The molecule has 2 aromatic rings. The van der Waals surface area contributed by atoms with Crippen molar-refractivity contribution in [2.75, 3.05) is 5.32 Å². The minimum atomic E-state index is -0.560. The van der Waals surface area contributed by atoms with Crippen LogP contribution in [0.4, 0.5) is 10.5 Å². The lowest BCUT2D eigenvalue weighted by molar-refractivity contribution is 0.0507. The number of hydrogen-bond acceptors (Lipinski definition) is 4. The number of pyridine rings is 1. The summed E-state index contributed by atoms with van der Waals surface area (Å²) >= 11 is 3.47. The summed E-state index contributed by atoms with van der Waals surface area (Å²) in [5.41, 5.74) is 1.46. The summed E-state index contributed by atoms with van der Waals surface area (Å²) in [6, 6.07) is 8.38. The Morgan fingerprint density at radius 3 is 2.38 bits per heavy atom. The summed E-state index contributed by atoms with van der Waals surface area (Å²) in [5, 5.41) is 5.59. The molecule has 1 heterocycles. The van der Waals surface area contributed by atoms with Crippen molar-refractivity contribution in [2.45, 2.75) is 39.3 Å². The first-order chi connectivity index (χ1) is 12.2. The van der Waals surface area contributed by atoms with E-state index in [1.807, 2.05) is 27.7 Å². The Balaban J connectivity index is 2.06. The molecule has 1 aromatic heterocycles. The number of carbonyl (C=O) groups excluding carboxylic acids is 2. The number of amides is 2. The topological polar surface area (TPSA) is 80.3 Å². The Labute approximate surface area is 161 Å². The first-order valence-corrected chi connectivity index (χ1v) is 8.95. The lowest BCUT2D eigenvalue weighted by atomic mass is 10.1. The molecule has 1 unspecified atom stereocenters. The van der Waals surface area contributed by atoms with E-state index in [4.69, 9.17) is 4.74 Å². The zero-order valence-electron chi connectivity index (χ0n) is 15.2. The molecule has 0 spiro atoms. The number of benzene rings is 1. The summed E-state index contributed by atoms with van der Waals surface area (Å²) < 4.78 is 5.99. The predicted octanol–water partition coefficient (Wildman–Crippen LogP) is 4.68. The SMILES string of the molecule is CC(NC(=O)OC(C)(C)C)c1ccc(C(=O)Nc2ccncc2)cc1Br. The van der Waals surface area contributed by atoms with Crippen molar-refractivity contribution in [3.63, 3.8) is 0 Å². The summed E-state index contributed by atoms with van der Waals surface area (Å²) in [4.78, 5) is 28.2. The molecule has 2 rings (SSSR count). The van der Waals surface area contributed by atoms with E-state index >= 15 is 0 Å². The van der Waals surface area contributed by atoms with E-state index in [0.717, 1.165) is 10.0 Å². The highest BCUT2D eigenvalue weighted by atomic mass is 79.9. The van der Waals surface area contributed by atoms with Gasteiger partial charge in [0.15, 0.2) is 0 Å². The number of ether oxygens (including phenoxy) is 1. The van der Waals surface area contributed by atoms with Crippen LogP contribution in [0.2, 0.25) is 0 Å². The molecule has 1 aromatic carbocycles. The van der Waals surface area contributed by atoms with Gasteiger partial charge in [0, 0.05) is 28.1 Å². The lowest BCUT2D eigenvalue weighted by Gasteiger charge is -2.22. The first kappa shape index (κ1) is 19.9. The van der Waals surface area contributed by atoms with Gasteiger partial charge in [-0.3, -0.25) is 9.78 Å². The quantitative estimate of drug-likeness (QED) is 0.753. The molecule has 6 nitrogen and oxygen atoms in total. The maximum absolute atomic E-state index is 12.3. The maximum Gasteiger partial charge on any atom is 0.408 e. The standard InChI is InChI=1S/C19H22BrN3O3/c1-12(22-18(25)26-19(2,3)4)15-6-5-13(11-16(15)20)17(24)23-14-7-9-21-10-8-14/h5-12H,1-4H3,(H,22,25)(H,21,23,24). The normalized spacial score (nSPS) is 12.2. The van der Waals surface area contributed by atoms with Crippen molar-refractivity contribution in [1.82, 2.24) is 10.3 Å². The monoisotopic (exact) mass is 419 g/mol. The Kier molecular flexibility index (Phi) is 6.37. The number of nitrogens with zero attached hydrogens (tertiary/aromatic N) is 1. The van der Waals surface area contributed by atoms with E-state index in [-0.39, 0.29) is 11.9 Å². The van der Waals surface area contributed by atoms with Gasteiger partial charge in [-0.2, -0.15) is 0 Å². The number of halogens is 1. The number of hydrogen-bond donors (Lipinski definition) is 2. The minimum Gasteiger partial charge on any atom is -0.444 e. The van der Waals surface area contributed by atoms with Crippen molar-refractivity contribution >= 4 is 33.6 Å². The van der Waals surface area contributed by atoms with Crippen molar-refractivity contribution in [2.24, 2.45) is 0 Å². The van der Waals surface area contributed by atoms with Crippen LogP contribution in [0.5, 0.6) is 0 Å². The third-order valence-corrected chi connectivity index (χ3v) is 4.09.